The van der Waals surface area contributed by atoms with E-state index in [1.54, 1.807) is 7.05 Å². The molecular formula is C8H11N7OS. The van der Waals surface area contributed by atoms with Crippen molar-refractivity contribution in [2.45, 2.75) is 6.54 Å². The van der Waals surface area contributed by atoms with Crippen LogP contribution < -0.4 is 16.4 Å². The van der Waals surface area contributed by atoms with Crippen LogP contribution in [0.2, 0.25) is 0 Å². The van der Waals surface area contributed by atoms with Gasteiger partial charge in [0, 0.05) is 7.05 Å². The first-order valence-electron chi connectivity index (χ1n) is 4.77. The number of rotatable bonds is 4. The maximum atomic E-state index is 11.6. The van der Waals surface area contributed by atoms with E-state index >= 15 is 0 Å². The molecule has 17 heavy (non-hydrogen) atoms. The van der Waals surface area contributed by atoms with Gasteiger partial charge in [-0.3, -0.25) is 9.89 Å². The number of nitrogens with zero attached hydrogens (tertiary/aromatic N) is 3. The molecule has 0 saturated carbocycles. The minimum Gasteiger partial charge on any atom is -0.382 e. The lowest BCUT2D eigenvalue weighted by molar-refractivity contribution is 0.0965. The van der Waals surface area contributed by atoms with Gasteiger partial charge in [0.15, 0.2) is 5.82 Å². The summed E-state index contributed by atoms with van der Waals surface area (Å²) in [5.41, 5.74) is 5.99. The van der Waals surface area contributed by atoms with Gasteiger partial charge in [-0.1, -0.05) is 0 Å². The van der Waals surface area contributed by atoms with Gasteiger partial charge in [-0.2, -0.15) is 9.47 Å². The van der Waals surface area contributed by atoms with E-state index in [1.807, 2.05) is 0 Å². The minimum absolute atomic E-state index is 0.217. The Labute approximate surface area is 101 Å². The van der Waals surface area contributed by atoms with Crippen molar-refractivity contribution in [3.05, 3.63) is 17.7 Å². The average Bonchev–Trinajstić information content (AvgIpc) is 2.95. The number of anilines is 2. The highest BCUT2D eigenvalue weighted by molar-refractivity contribution is 7.11. The van der Waals surface area contributed by atoms with Crippen molar-refractivity contribution >= 4 is 28.3 Å². The van der Waals surface area contributed by atoms with E-state index in [9.17, 15) is 4.79 Å². The number of carbonyl (C=O) groups excluding carboxylic acids is 1. The predicted molar refractivity (Wildman–Crippen MR) is 63.6 cm³/mol. The fourth-order valence-corrected chi connectivity index (χ4v) is 1.95. The Hall–Kier alpha value is -2.16. The van der Waals surface area contributed by atoms with Gasteiger partial charge in [-0.15, -0.1) is 0 Å². The lowest BCUT2D eigenvalue weighted by Crippen LogP contribution is -2.20. The van der Waals surface area contributed by atoms with E-state index in [2.05, 4.69) is 30.2 Å². The maximum absolute atomic E-state index is 11.6. The molecule has 2 aromatic heterocycles. The summed E-state index contributed by atoms with van der Waals surface area (Å²) in [6.07, 6.45) is 1.41. The van der Waals surface area contributed by atoms with Crippen molar-refractivity contribution in [1.82, 2.24) is 24.9 Å². The van der Waals surface area contributed by atoms with Gasteiger partial charge in [0.2, 0.25) is 0 Å². The molecular weight excluding hydrogens is 242 g/mol. The van der Waals surface area contributed by atoms with Crippen LogP contribution >= 0.6 is 11.5 Å². The number of H-pyrrole nitrogens is 1. The van der Waals surface area contributed by atoms with Crippen molar-refractivity contribution in [3.8, 4) is 0 Å². The van der Waals surface area contributed by atoms with Gasteiger partial charge in [0.1, 0.15) is 22.7 Å². The molecule has 0 aromatic carbocycles. The molecule has 90 valence electrons. The fraction of sp³-hybridized carbons (Fsp3) is 0.250. The summed E-state index contributed by atoms with van der Waals surface area (Å²) in [5, 5.41) is 12.6. The van der Waals surface area contributed by atoms with E-state index in [0.29, 0.717) is 22.9 Å². The molecule has 9 heteroatoms. The molecule has 0 atom stereocenters. The normalized spacial score (nSPS) is 10.2. The molecule has 0 bridgehead atoms. The van der Waals surface area contributed by atoms with Gasteiger partial charge in [-0.05, 0) is 11.5 Å². The van der Waals surface area contributed by atoms with Crippen LogP contribution in [0, 0.1) is 0 Å². The largest absolute Gasteiger partial charge is 0.382 e. The van der Waals surface area contributed by atoms with E-state index < -0.39 is 0 Å². The summed E-state index contributed by atoms with van der Waals surface area (Å²) in [7, 11) is 1.54. The van der Waals surface area contributed by atoms with Gasteiger partial charge >= 0.3 is 0 Å². The van der Waals surface area contributed by atoms with Crippen molar-refractivity contribution in [2.75, 3.05) is 18.1 Å². The van der Waals surface area contributed by atoms with Crippen molar-refractivity contribution < 1.29 is 4.79 Å². The number of amides is 1. The predicted octanol–water partition coefficient (Wildman–Crippen LogP) is -0.185. The van der Waals surface area contributed by atoms with Gasteiger partial charge < -0.3 is 16.4 Å². The summed E-state index contributed by atoms with van der Waals surface area (Å²) >= 11 is 1.13. The van der Waals surface area contributed by atoms with Crippen LogP contribution in [0.5, 0.6) is 0 Å². The number of nitrogen functional groups attached to an aromatic ring is 1. The van der Waals surface area contributed by atoms with E-state index in [1.165, 1.54) is 6.33 Å². The van der Waals surface area contributed by atoms with Gasteiger partial charge in [0.05, 0.1) is 6.54 Å². The number of hydrogen-bond acceptors (Lipinski definition) is 7. The second kappa shape index (κ2) is 4.78. The van der Waals surface area contributed by atoms with Crippen LogP contribution in [0.3, 0.4) is 0 Å². The number of nitrogens with two attached hydrogens (primary N) is 1. The molecule has 2 heterocycles. The molecule has 0 fully saturated rings. The SMILES string of the molecule is CNC(=O)c1c(N)nsc1NCc1ncn[nH]1. The van der Waals surface area contributed by atoms with Crippen LogP contribution in [-0.2, 0) is 6.54 Å². The van der Waals surface area contributed by atoms with E-state index in [0.717, 1.165) is 11.5 Å². The fourth-order valence-electron chi connectivity index (χ4n) is 1.25. The number of hydrogen-bond donors (Lipinski definition) is 4. The first-order valence-corrected chi connectivity index (χ1v) is 5.55. The smallest absolute Gasteiger partial charge is 0.257 e. The molecule has 2 rings (SSSR count). The molecule has 2 aromatic rings. The Bertz CT molecular complexity index is 506. The summed E-state index contributed by atoms with van der Waals surface area (Å²) in [6, 6.07) is 0. The second-order valence-corrected chi connectivity index (χ2v) is 3.91. The molecule has 0 aliphatic rings. The minimum atomic E-state index is -0.267. The molecule has 0 unspecified atom stereocenters. The van der Waals surface area contributed by atoms with Crippen LogP contribution in [0.25, 0.3) is 0 Å². The highest BCUT2D eigenvalue weighted by Crippen LogP contribution is 2.26. The molecule has 0 radical (unpaired) electrons. The molecule has 0 aliphatic carbocycles. The highest BCUT2D eigenvalue weighted by atomic mass is 32.1. The highest BCUT2D eigenvalue weighted by Gasteiger charge is 2.17. The zero-order valence-electron chi connectivity index (χ0n) is 9.02. The topological polar surface area (TPSA) is 122 Å². The van der Waals surface area contributed by atoms with Crippen molar-refractivity contribution in [3.63, 3.8) is 0 Å². The summed E-state index contributed by atoms with van der Waals surface area (Å²) in [6.45, 7) is 0.422. The monoisotopic (exact) mass is 253 g/mol. The van der Waals surface area contributed by atoms with Crippen LogP contribution in [0.15, 0.2) is 6.33 Å². The van der Waals surface area contributed by atoms with Gasteiger partial charge in [-0.25, -0.2) is 4.98 Å². The Morgan fingerprint density at radius 3 is 3.12 bits per heavy atom. The third-order valence-corrected chi connectivity index (χ3v) is 2.87. The first kappa shape index (κ1) is 11.3. The van der Waals surface area contributed by atoms with Crippen LogP contribution in [0.4, 0.5) is 10.8 Å². The lowest BCUT2D eigenvalue weighted by Gasteiger charge is -2.04. The molecule has 0 saturated heterocycles. The van der Waals surface area contributed by atoms with Crippen LogP contribution in [-0.4, -0.2) is 32.5 Å². The quantitative estimate of drug-likeness (QED) is 0.599. The van der Waals surface area contributed by atoms with Crippen molar-refractivity contribution in [1.29, 1.82) is 0 Å². The van der Waals surface area contributed by atoms with Crippen LogP contribution in [0.1, 0.15) is 16.2 Å². The average molecular weight is 253 g/mol. The second-order valence-electron chi connectivity index (χ2n) is 3.14. The Morgan fingerprint density at radius 1 is 1.65 bits per heavy atom. The maximum Gasteiger partial charge on any atom is 0.257 e. The van der Waals surface area contributed by atoms with Gasteiger partial charge in [0.25, 0.3) is 5.91 Å². The zero-order valence-corrected chi connectivity index (χ0v) is 9.84. The molecule has 5 N–H and O–H groups in total. The van der Waals surface area contributed by atoms with E-state index in [-0.39, 0.29) is 11.7 Å². The number of aromatic amines is 1. The Morgan fingerprint density at radius 2 is 2.47 bits per heavy atom. The van der Waals surface area contributed by atoms with E-state index in [4.69, 9.17) is 5.73 Å². The zero-order chi connectivity index (χ0) is 12.3. The third kappa shape index (κ3) is 2.33. The molecule has 0 spiro atoms. The Kier molecular flexibility index (Phi) is 3.19. The lowest BCUT2D eigenvalue weighted by atomic mass is 10.3. The van der Waals surface area contributed by atoms with Crippen molar-refractivity contribution in [2.24, 2.45) is 0 Å². The molecule has 8 nitrogen and oxygen atoms in total. The number of nitrogens with one attached hydrogen (secondary N) is 3. The summed E-state index contributed by atoms with van der Waals surface area (Å²) in [5.74, 6) is 0.616. The number of carbonyl (C=O) groups is 1. The molecule has 1 amide bonds. The number of aromatic nitrogens is 4. The molecule has 0 aliphatic heterocycles. The Balaban J connectivity index is 2.13. The summed E-state index contributed by atoms with van der Waals surface area (Å²) in [4.78, 5) is 15.5. The third-order valence-electron chi connectivity index (χ3n) is 2.05. The standard InChI is InChI=1S/C8H11N7OS/c1-10-7(16)5-6(9)15-17-8(5)11-2-4-12-3-13-14-4/h3,11H,2H2,1H3,(H2,9,15)(H,10,16)(H,12,13,14). The summed E-state index contributed by atoms with van der Waals surface area (Å²) < 4.78 is 3.94. The first-order chi connectivity index (χ1) is 8.22.